The molecule has 28 heavy (non-hydrogen) atoms. The minimum absolute atomic E-state index is 0.0105. The van der Waals surface area contributed by atoms with Gasteiger partial charge in [0, 0.05) is 31.5 Å². The first-order chi connectivity index (χ1) is 13.7. The van der Waals surface area contributed by atoms with E-state index in [1.165, 1.54) is 0 Å². The largest absolute Gasteiger partial charge is 0.454 e. The van der Waals surface area contributed by atoms with E-state index in [1.54, 1.807) is 17.1 Å². The van der Waals surface area contributed by atoms with Crippen LogP contribution in [0.25, 0.3) is 0 Å². The zero-order valence-corrected chi connectivity index (χ0v) is 15.8. The lowest BCUT2D eigenvalue weighted by molar-refractivity contribution is -0.120. The summed E-state index contributed by atoms with van der Waals surface area (Å²) in [6.07, 6.45) is 9.03. The van der Waals surface area contributed by atoms with E-state index in [0.717, 1.165) is 31.5 Å². The highest BCUT2D eigenvalue weighted by atomic mass is 16.5. The molecule has 1 aliphatic rings. The van der Waals surface area contributed by atoms with Crippen molar-refractivity contribution in [2.45, 2.75) is 25.4 Å². The number of para-hydroxylation sites is 2. The Morgan fingerprint density at radius 1 is 1.25 bits per heavy atom. The molecule has 0 aliphatic carbocycles. The summed E-state index contributed by atoms with van der Waals surface area (Å²) < 4.78 is 7.68. The first-order valence-corrected chi connectivity index (χ1v) is 9.38. The number of nitrogens with one attached hydrogen (secondary N) is 1. The summed E-state index contributed by atoms with van der Waals surface area (Å²) in [4.78, 5) is 19.2. The maximum absolute atomic E-state index is 13.0. The van der Waals surface area contributed by atoms with Crippen LogP contribution in [0.3, 0.4) is 0 Å². The lowest BCUT2D eigenvalue weighted by Gasteiger charge is -2.23. The number of pyridine rings is 1. The number of carbonyl (C=O) groups excluding carboxylic acids is 1. The molecule has 7 heteroatoms. The van der Waals surface area contributed by atoms with Gasteiger partial charge in [0.25, 0.3) is 0 Å². The van der Waals surface area contributed by atoms with Gasteiger partial charge in [-0.3, -0.25) is 19.4 Å². The van der Waals surface area contributed by atoms with Gasteiger partial charge in [0.15, 0.2) is 5.75 Å². The van der Waals surface area contributed by atoms with Gasteiger partial charge in [0.2, 0.25) is 5.91 Å². The fourth-order valence-corrected chi connectivity index (χ4v) is 3.51. The Labute approximate surface area is 164 Å². The van der Waals surface area contributed by atoms with Crippen molar-refractivity contribution in [2.24, 2.45) is 7.05 Å². The normalized spacial score (nSPS) is 16.8. The van der Waals surface area contributed by atoms with E-state index in [2.05, 4.69) is 20.3 Å². The number of ether oxygens (including phenoxy) is 1. The quantitative estimate of drug-likeness (QED) is 0.714. The Kier molecular flexibility index (Phi) is 5.34. The third-order valence-electron chi connectivity index (χ3n) is 4.82. The number of aromatic nitrogens is 3. The van der Waals surface area contributed by atoms with Crippen molar-refractivity contribution >= 4 is 11.6 Å². The second-order valence-corrected chi connectivity index (χ2v) is 6.93. The second kappa shape index (κ2) is 8.22. The van der Waals surface area contributed by atoms with E-state index < -0.39 is 0 Å². The zero-order chi connectivity index (χ0) is 19.3. The average molecular weight is 377 g/mol. The van der Waals surface area contributed by atoms with E-state index in [-0.39, 0.29) is 11.9 Å². The van der Waals surface area contributed by atoms with Gasteiger partial charge in [-0.15, -0.1) is 0 Å². The SMILES string of the molecule is Cn1cc(CN2CCC[C@@H]2C(=O)Nc2ccccc2Oc2cccnc2)cn1. The number of nitrogens with zero attached hydrogens (tertiary/aromatic N) is 4. The van der Waals surface area contributed by atoms with Crippen LogP contribution in [0.15, 0.2) is 61.2 Å². The lowest BCUT2D eigenvalue weighted by atomic mass is 10.2. The highest BCUT2D eigenvalue weighted by molar-refractivity contribution is 5.96. The molecule has 2 aromatic heterocycles. The predicted octanol–water partition coefficient (Wildman–Crippen LogP) is 3.21. The van der Waals surface area contributed by atoms with Crippen molar-refractivity contribution in [2.75, 3.05) is 11.9 Å². The van der Waals surface area contributed by atoms with Gasteiger partial charge in [0.1, 0.15) is 5.75 Å². The van der Waals surface area contributed by atoms with Crippen molar-refractivity contribution in [3.8, 4) is 11.5 Å². The number of benzene rings is 1. The summed E-state index contributed by atoms with van der Waals surface area (Å²) in [6.45, 7) is 1.63. The summed E-state index contributed by atoms with van der Waals surface area (Å²) in [5.74, 6) is 1.22. The molecule has 0 saturated carbocycles. The van der Waals surface area contributed by atoms with Gasteiger partial charge in [-0.2, -0.15) is 5.10 Å². The maximum atomic E-state index is 13.0. The number of amides is 1. The van der Waals surface area contributed by atoms with Gasteiger partial charge in [-0.1, -0.05) is 12.1 Å². The van der Waals surface area contributed by atoms with Crippen LogP contribution in [0.1, 0.15) is 18.4 Å². The smallest absolute Gasteiger partial charge is 0.241 e. The van der Waals surface area contributed by atoms with Crippen molar-refractivity contribution in [3.63, 3.8) is 0 Å². The molecule has 7 nitrogen and oxygen atoms in total. The molecule has 0 radical (unpaired) electrons. The molecule has 1 N–H and O–H groups in total. The summed E-state index contributed by atoms with van der Waals surface area (Å²) in [7, 11) is 1.90. The van der Waals surface area contributed by atoms with E-state index in [9.17, 15) is 4.79 Å². The molecule has 1 aromatic carbocycles. The fraction of sp³-hybridized carbons (Fsp3) is 0.286. The third-order valence-corrected chi connectivity index (χ3v) is 4.82. The number of rotatable bonds is 6. The molecule has 1 amide bonds. The summed E-state index contributed by atoms with van der Waals surface area (Å²) in [6, 6.07) is 10.9. The Hall–Kier alpha value is -3.19. The van der Waals surface area contributed by atoms with Crippen LogP contribution in [0, 0.1) is 0 Å². The first kappa shape index (κ1) is 18.2. The predicted molar refractivity (Wildman–Crippen MR) is 106 cm³/mol. The van der Waals surface area contributed by atoms with Crippen LogP contribution < -0.4 is 10.1 Å². The van der Waals surface area contributed by atoms with E-state index in [1.807, 2.05) is 55.8 Å². The number of carbonyl (C=O) groups is 1. The minimum Gasteiger partial charge on any atom is -0.454 e. The van der Waals surface area contributed by atoms with Crippen LogP contribution in [0.4, 0.5) is 5.69 Å². The number of aryl methyl sites for hydroxylation is 1. The zero-order valence-electron chi connectivity index (χ0n) is 15.8. The minimum atomic E-state index is -0.161. The molecular formula is C21H23N5O2. The van der Waals surface area contributed by atoms with Crippen molar-refractivity contribution in [1.29, 1.82) is 0 Å². The topological polar surface area (TPSA) is 72.3 Å². The molecule has 1 atom stereocenters. The highest BCUT2D eigenvalue weighted by Crippen LogP contribution is 2.30. The van der Waals surface area contributed by atoms with Crippen LogP contribution >= 0.6 is 0 Å². The number of hydrogen-bond acceptors (Lipinski definition) is 5. The van der Waals surface area contributed by atoms with Crippen LogP contribution in [0.5, 0.6) is 11.5 Å². The molecule has 0 unspecified atom stereocenters. The van der Waals surface area contributed by atoms with E-state index in [0.29, 0.717) is 17.2 Å². The summed E-state index contributed by atoms with van der Waals surface area (Å²) in [5, 5.41) is 7.26. The monoisotopic (exact) mass is 377 g/mol. The molecule has 1 aliphatic heterocycles. The lowest BCUT2D eigenvalue weighted by Crippen LogP contribution is -2.39. The van der Waals surface area contributed by atoms with Gasteiger partial charge in [-0.25, -0.2) is 0 Å². The average Bonchev–Trinajstić information content (AvgIpc) is 3.33. The van der Waals surface area contributed by atoms with Crippen LogP contribution in [0.2, 0.25) is 0 Å². The molecule has 3 aromatic rings. The molecule has 0 spiro atoms. The Balaban J connectivity index is 1.45. The molecule has 1 fully saturated rings. The van der Waals surface area contributed by atoms with Gasteiger partial charge < -0.3 is 10.1 Å². The Morgan fingerprint density at radius 2 is 2.14 bits per heavy atom. The standard InChI is InChI=1S/C21H23N5O2/c1-25-14-16(12-23-25)15-26-11-5-8-19(26)21(27)24-18-7-2-3-9-20(18)28-17-6-4-10-22-13-17/h2-4,6-7,9-10,12-14,19H,5,8,11,15H2,1H3,(H,24,27)/t19-/m1/s1. The van der Waals surface area contributed by atoms with Crippen molar-refractivity contribution in [1.82, 2.24) is 19.7 Å². The maximum Gasteiger partial charge on any atom is 0.241 e. The molecule has 3 heterocycles. The number of anilines is 1. The Morgan fingerprint density at radius 3 is 2.93 bits per heavy atom. The highest BCUT2D eigenvalue weighted by Gasteiger charge is 2.31. The van der Waals surface area contributed by atoms with Gasteiger partial charge in [-0.05, 0) is 43.7 Å². The summed E-state index contributed by atoms with van der Waals surface area (Å²) in [5.41, 5.74) is 1.77. The molecule has 144 valence electrons. The number of likely N-dealkylation sites (tertiary alicyclic amines) is 1. The van der Waals surface area contributed by atoms with Crippen molar-refractivity contribution < 1.29 is 9.53 Å². The van der Waals surface area contributed by atoms with E-state index >= 15 is 0 Å². The van der Waals surface area contributed by atoms with Crippen molar-refractivity contribution in [3.05, 3.63) is 66.7 Å². The fourth-order valence-electron chi connectivity index (χ4n) is 3.51. The molecule has 1 saturated heterocycles. The second-order valence-electron chi connectivity index (χ2n) is 6.93. The molecule has 4 rings (SSSR count). The van der Waals surface area contributed by atoms with E-state index in [4.69, 9.17) is 4.74 Å². The van der Waals surface area contributed by atoms with Crippen LogP contribution in [-0.4, -0.2) is 38.2 Å². The Bertz CT molecular complexity index is 941. The first-order valence-electron chi connectivity index (χ1n) is 9.38. The summed E-state index contributed by atoms with van der Waals surface area (Å²) >= 11 is 0. The van der Waals surface area contributed by atoms with Gasteiger partial charge >= 0.3 is 0 Å². The third kappa shape index (κ3) is 4.20. The number of hydrogen-bond donors (Lipinski definition) is 1. The molecular weight excluding hydrogens is 354 g/mol. The molecule has 0 bridgehead atoms. The van der Waals surface area contributed by atoms with Crippen LogP contribution in [-0.2, 0) is 18.4 Å². The van der Waals surface area contributed by atoms with Gasteiger partial charge in [0.05, 0.1) is 24.1 Å².